The SMILES string of the molecule is COc1ccc(C(=O)Nc2ccc(C)c(-c3ccc4nc(N)ncc4c3)c2)cc1C(F)(F)F. The average Bonchev–Trinajstić information content (AvgIpc) is 2.79. The van der Waals surface area contributed by atoms with Crippen molar-refractivity contribution < 1.29 is 22.7 Å². The highest BCUT2D eigenvalue weighted by atomic mass is 19.4. The number of carbonyl (C=O) groups is 1. The van der Waals surface area contributed by atoms with Gasteiger partial charge in [-0.25, -0.2) is 9.97 Å². The zero-order valence-corrected chi connectivity index (χ0v) is 17.7. The van der Waals surface area contributed by atoms with Crippen LogP contribution in [0.15, 0.2) is 60.8 Å². The molecule has 1 heterocycles. The molecule has 0 fully saturated rings. The first-order chi connectivity index (χ1) is 15.7. The standard InChI is InChI=1S/C24H19F3N4O2/c1-13-3-6-17(11-18(13)14-4-7-20-16(9-14)12-29-23(28)31-20)30-22(32)15-5-8-21(33-2)19(10-15)24(25,26)27/h3-12H,1-2H3,(H,30,32)(H2,28,29,31). The van der Waals surface area contributed by atoms with Crippen molar-refractivity contribution in [2.45, 2.75) is 13.1 Å². The number of aromatic nitrogens is 2. The van der Waals surface area contributed by atoms with E-state index < -0.39 is 17.6 Å². The van der Waals surface area contributed by atoms with Gasteiger partial charge in [0.15, 0.2) is 0 Å². The molecule has 33 heavy (non-hydrogen) atoms. The fourth-order valence-electron chi connectivity index (χ4n) is 3.50. The molecule has 9 heteroatoms. The van der Waals surface area contributed by atoms with Gasteiger partial charge in [0.05, 0.1) is 18.2 Å². The molecule has 0 bridgehead atoms. The van der Waals surface area contributed by atoms with Gasteiger partial charge in [0.2, 0.25) is 5.95 Å². The number of nitrogens with zero attached hydrogens (tertiary/aromatic N) is 2. The molecule has 0 aliphatic rings. The van der Waals surface area contributed by atoms with Gasteiger partial charge in [-0.1, -0.05) is 12.1 Å². The lowest BCUT2D eigenvalue weighted by atomic mass is 9.98. The Balaban J connectivity index is 1.65. The summed E-state index contributed by atoms with van der Waals surface area (Å²) in [5.41, 5.74) is 8.29. The Kier molecular flexibility index (Phi) is 5.63. The van der Waals surface area contributed by atoms with E-state index >= 15 is 0 Å². The quantitative estimate of drug-likeness (QED) is 0.429. The van der Waals surface area contributed by atoms with Gasteiger partial charge in [-0.3, -0.25) is 4.79 Å². The number of hydrogen-bond donors (Lipinski definition) is 2. The monoisotopic (exact) mass is 452 g/mol. The van der Waals surface area contributed by atoms with Crippen LogP contribution in [0.3, 0.4) is 0 Å². The Morgan fingerprint density at radius 2 is 1.85 bits per heavy atom. The van der Waals surface area contributed by atoms with Crippen LogP contribution in [0.25, 0.3) is 22.0 Å². The van der Waals surface area contributed by atoms with Gasteiger partial charge in [-0.15, -0.1) is 0 Å². The lowest BCUT2D eigenvalue weighted by Crippen LogP contribution is -2.15. The molecule has 0 atom stereocenters. The summed E-state index contributed by atoms with van der Waals surface area (Å²) in [6.45, 7) is 1.92. The van der Waals surface area contributed by atoms with E-state index in [9.17, 15) is 18.0 Å². The minimum Gasteiger partial charge on any atom is -0.496 e. The zero-order valence-electron chi connectivity index (χ0n) is 17.7. The van der Waals surface area contributed by atoms with Crippen LogP contribution >= 0.6 is 0 Å². The minimum absolute atomic E-state index is 0.134. The smallest absolute Gasteiger partial charge is 0.419 e. The number of fused-ring (bicyclic) bond motifs is 1. The first-order valence-electron chi connectivity index (χ1n) is 9.85. The van der Waals surface area contributed by atoms with E-state index in [2.05, 4.69) is 15.3 Å². The third kappa shape index (κ3) is 4.57. The molecule has 0 saturated carbocycles. The molecule has 0 aliphatic carbocycles. The van der Waals surface area contributed by atoms with Crippen LogP contribution in [0.2, 0.25) is 0 Å². The molecule has 0 saturated heterocycles. The lowest BCUT2D eigenvalue weighted by molar-refractivity contribution is -0.138. The second-order valence-corrected chi connectivity index (χ2v) is 7.40. The van der Waals surface area contributed by atoms with Crippen molar-refractivity contribution in [2.24, 2.45) is 0 Å². The van der Waals surface area contributed by atoms with E-state index in [1.54, 1.807) is 18.3 Å². The highest BCUT2D eigenvalue weighted by molar-refractivity contribution is 6.05. The highest BCUT2D eigenvalue weighted by Crippen LogP contribution is 2.37. The Labute approximate surface area is 187 Å². The summed E-state index contributed by atoms with van der Waals surface area (Å²) in [4.78, 5) is 20.9. The van der Waals surface area contributed by atoms with Gasteiger partial charge in [0, 0.05) is 22.8 Å². The van der Waals surface area contributed by atoms with E-state index in [1.165, 1.54) is 6.07 Å². The summed E-state index contributed by atoms with van der Waals surface area (Å²) in [6, 6.07) is 14.1. The number of nitrogen functional groups attached to an aromatic ring is 1. The van der Waals surface area contributed by atoms with Crippen molar-refractivity contribution >= 4 is 28.4 Å². The molecule has 0 unspecified atom stereocenters. The van der Waals surface area contributed by atoms with Crippen molar-refractivity contribution in [1.29, 1.82) is 0 Å². The van der Waals surface area contributed by atoms with Gasteiger partial charge in [0.1, 0.15) is 5.75 Å². The van der Waals surface area contributed by atoms with Crippen LogP contribution in [0, 0.1) is 6.92 Å². The Hall–Kier alpha value is -4.14. The number of hydrogen-bond acceptors (Lipinski definition) is 5. The van der Waals surface area contributed by atoms with Crippen LogP contribution in [0.5, 0.6) is 5.75 Å². The molecule has 1 aromatic heterocycles. The molecule has 3 N–H and O–H groups in total. The van der Waals surface area contributed by atoms with E-state index in [1.807, 2.05) is 31.2 Å². The molecule has 6 nitrogen and oxygen atoms in total. The maximum absolute atomic E-state index is 13.3. The van der Waals surface area contributed by atoms with Crippen LogP contribution in [0.4, 0.5) is 24.8 Å². The van der Waals surface area contributed by atoms with Gasteiger partial charge < -0.3 is 15.8 Å². The summed E-state index contributed by atoms with van der Waals surface area (Å²) in [6.07, 6.45) is -3.02. The van der Waals surface area contributed by atoms with Gasteiger partial charge >= 0.3 is 6.18 Å². The predicted molar refractivity (Wildman–Crippen MR) is 120 cm³/mol. The number of amides is 1. The molecule has 0 radical (unpaired) electrons. The summed E-state index contributed by atoms with van der Waals surface area (Å²) in [5.74, 6) is -0.831. The summed E-state index contributed by atoms with van der Waals surface area (Å²) in [7, 11) is 1.14. The minimum atomic E-state index is -4.65. The number of nitrogens with two attached hydrogens (primary N) is 1. The summed E-state index contributed by atoms with van der Waals surface area (Å²) >= 11 is 0. The van der Waals surface area contributed by atoms with Crippen molar-refractivity contribution in [3.8, 4) is 16.9 Å². The molecular weight excluding hydrogens is 433 g/mol. The second kappa shape index (κ2) is 8.42. The van der Waals surface area contributed by atoms with Gasteiger partial charge in [-0.2, -0.15) is 13.2 Å². The number of ether oxygens (including phenoxy) is 1. The van der Waals surface area contributed by atoms with E-state index in [0.29, 0.717) is 11.2 Å². The zero-order chi connectivity index (χ0) is 23.8. The molecule has 0 aliphatic heterocycles. The number of anilines is 2. The molecule has 1 amide bonds. The second-order valence-electron chi connectivity index (χ2n) is 7.40. The normalized spacial score (nSPS) is 11.4. The third-order valence-corrected chi connectivity index (χ3v) is 5.17. The number of methoxy groups -OCH3 is 1. The van der Waals surface area contributed by atoms with Crippen molar-refractivity contribution in [1.82, 2.24) is 9.97 Å². The molecule has 4 rings (SSSR count). The van der Waals surface area contributed by atoms with Crippen LogP contribution in [-0.2, 0) is 6.18 Å². The topological polar surface area (TPSA) is 90.1 Å². The van der Waals surface area contributed by atoms with Crippen molar-refractivity contribution in [2.75, 3.05) is 18.2 Å². The maximum Gasteiger partial charge on any atom is 0.419 e. The number of alkyl halides is 3. The van der Waals surface area contributed by atoms with E-state index in [0.717, 1.165) is 41.3 Å². The summed E-state index contributed by atoms with van der Waals surface area (Å²) < 4.78 is 44.7. The average molecular weight is 452 g/mol. The predicted octanol–water partition coefficient (Wildman–Crippen LogP) is 5.47. The fraction of sp³-hybridized carbons (Fsp3) is 0.125. The largest absolute Gasteiger partial charge is 0.496 e. The molecule has 168 valence electrons. The number of carbonyl (C=O) groups excluding carboxylic acids is 1. The number of rotatable bonds is 4. The van der Waals surface area contributed by atoms with Gasteiger partial charge in [0.25, 0.3) is 5.91 Å². The fourth-order valence-corrected chi connectivity index (χ4v) is 3.50. The van der Waals surface area contributed by atoms with Crippen molar-refractivity contribution in [3.05, 3.63) is 77.5 Å². The first-order valence-corrected chi connectivity index (χ1v) is 9.85. The summed E-state index contributed by atoms with van der Waals surface area (Å²) in [5, 5.41) is 3.47. The number of nitrogens with one attached hydrogen (secondary N) is 1. The van der Waals surface area contributed by atoms with E-state index in [4.69, 9.17) is 10.5 Å². The van der Waals surface area contributed by atoms with Crippen LogP contribution in [-0.4, -0.2) is 23.0 Å². The number of aryl methyl sites for hydroxylation is 1. The molecule has 0 spiro atoms. The number of benzene rings is 3. The first kappa shape index (κ1) is 22.1. The highest BCUT2D eigenvalue weighted by Gasteiger charge is 2.35. The molecular formula is C24H19F3N4O2. The molecule has 3 aromatic carbocycles. The number of halogens is 3. The Bertz CT molecular complexity index is 1370. The maximum atomic E-state index is 13.3. The Morgan fingerprint density at radius 3 is 2.58 bits per heavy atom. The third-order valence-electron chi connectivity index (χ3n) is 5.17. The molecule has 4 aromatic rings. The Morgan fingerprint density at radius 1 is 1.06 bits per heavy atom. The van der Waals surface area contributed by atoms with Crippen LogP contribution in [0.1, 0.15) is 21.5 Å². The van der Waals surface area contributed by atoms with Crippen molar-refractivity contribution in [3.63, 3.8) is 0 Å². The van der Waals surface area contributed by atoms with Crippen LogP contribution < -0.4 is 15.8 Å². The lowest BCUT2D eigenvalue weighted by Gasteiger charge is -2.14. The van der Waals surface area contributed by atoms with E-state index in [-0.39, 0.29) is 17.3 Å². The van der Waals surface area contributed by atoms with Gasteiger partial charge in [-0.05, 0) is 66.1 Å².